The van der Waals surface area contributed by atoms with Gasteiger partial charge in [0.2, 0.25) is 0 Å². The number of nitrogens with one attached hydrogen (secondary N) is 1. The van der Waals surface area contributed by atoms with Gasteiger partial charge in [0.25, 0.3) is 0 Å². The van der Waals surface area contributed by atoms with Gasteiger partial charge in [-0.1, -0.05) is 19.1 Å². The SMILES string of the molecule is CCCn1cccc1CNCCOc1cccc(C)c1. The van der Waals surface area contributed by atoms with Crippen LogP contribution in [-0.4, -0.2) is 17.7 Å². The van der Waals surface area contributed by atoms with E-state index in [0.29, 0.717) is 6.61 Å². The third-order valence-corrected chi connectivity index (χ3v) is 3.23. The molecule has 1 heterocycles. The maximum absolute atomic E-state index is 5.71. The summed E-state index contributed by atoms with van der Waals surface area (Å²) >= 11 is 0. The van der Waals surface area contributed by atoms with E-state index in [2.05, 4.69) is 54.2 Å². The summed E-state index contributed by atoms with van der Waals surface area (Å²) in [4.78, 5) is 0. The van der Waals surface area contributed by atoms with E-state index < -0.39 is 0 Å². The Kier molecular flexibility index (Phi) is 5.69. The molecule has 1 N–H and O–H groups in total. The molecule has 0 aliphatic carbocycles. The molecule has 0 spiro atoms. The Hall–Kier alpha value is -1.74. The van der Waals surface area contributed by atoms with Crippen LogP contribution in [0.25, 0.3) is 0 Å². The second-order valence-corrected chi connectivity index (χ2v) is 5.03. The van der Waals surface area contributed by atoms with E-state index in [1.165, 1.54) is 11.3 Å². The van der Waals surface area contributed by atoms with Gasteiger partial charge in [-0.15, -0.1) is 0 Å². The van der Waals surface area contributed by atoms with Crippen molar-refractivity contribution in [3.05, 3.63) is 53.9 Å². The summed E-state index contributed by atoms with van der Waals surface area (Å²) in [6.45, 7) is 7.80. The zero-order valence-electron chi connectivity index (χ0n) is 12.4. The Morgan fingerprint density at radius 2 is 2.10 bits per heavy atom. The molecule has 0 saturated carbocycles. The summed E-state index contributed by atoms with van der Waals surface area (Å²) in [6.07, 6.45) is 3.31. The van der Waals surface area contributed by atoms with Gasteiger partial charge in [-0.25, -0.2) is 0 Å². The second kappa shape index (κ2) is 7.75. The first-order chi connectivity index (χ1) is 9.79. The molecular weight excluding hydrogens is 248 g/mol. The van der Waals surface area contributed by atoms with Crippen LogP contribution in [0.5, 0.6) is 5.75 Å². The van der Waals surface area contributed by atoms with Gasteiger partial charge in [0, 0.05) is 31.5 Å². The Morgan fingerprint density at radius 3 is 2.90 bits per heavy atom. The first-order valence-corrected chi connectivity index (χ1v) is 7.34. The van der Waals surface area contributed by atoms with E-state index in [1.807, 2.05) is 12.1 Å². The third kappa shape index (κ3) is 4.42. The number of ether oxygens (including phenoxy) is 1. The van der Waals surface area contributed by atoms with Crippen LogP contribution in [-0.2, 0) is 13.1 Å². The second-order valence-electron chi connectivity index (χ2n) is 5.03. The predicted octanol–water partition coefficient (Wildman–Crippen LogP) is 3.38. The summed E-state index contributed by atoms with van der Waals surface area (Å²) in [5.41, 5.74) is 2.57. The van der Waals surface area contributed by atoms with Crippen LogP contribution in [0.2, 0.25) is 0 Å². The molecule has 0 radical (unpaired) electrons. The van der Waals surface area contributed by atoms with E-state index in [4.69, 9.17) is 4.74 Å². The lowest BCUT2D eigenvalue weighted by atomic mass is 10.2. The Balaban J connectivity index is 1.67. The maximum Gasteiger partial charge on any atom is 0.119 e. The molecule has 2 rings (SSSR count). The predicted molar refractivity (Wildman–Crippen MR) is 83.1 cm³/mol. The molecule has 0 unspecified atom stereocenters. The van der Waals surface area contributed by atoms with Crippen molar-refractivity contribution < 1.29 is 4.74 Å². The highest BCUT2D eigenvalue weighted by atomic mass is 16.5. The van der Waals surface area contributed by atoms with Gasteiger partial charge >= 0.3 is 0 Å². The lowest BCUT2D eigenvalue weighted by Gasteiger charge is -2.10. The van der Waals surface area contributed by atoms with Gasteiger partial charge in [0.05, 0.1) is 0 Å². The molecule has 20 heavy (non-hydrogen) atoms. The normalized spacial score (nSPS) is 10.7. The number of aromatic nitrogens is 1. The van der Waals surface area contributed by atoms with Crippen molar-refractivity contribution in [2.45, 2.75) is 33.4 Å². The highest BCUT2D eigenvalue weighted by Crippen LogP contribution is 2.11. The molecule has 1 aromatic carbocycles. The molecule has 0 fully saturated rings. The van der Waals surface area contributed by atoms with Crippen LogP contribution < -0.4 is 10.1 Å². The molecule has 0 bridgehead atoms. The minimum atomic E-state index is 0.692. The molecule has 1 aromatic heterocycles. The maximum atomic E-state index is 5.71. The number of aryl methyl sites for hydroxylation is 2. The monoisotopic (exact) mass is 272 g/mol. The minimum absolute atomic E-state index is 0.692. The summed E-state index contributed by atoms with van der Waals surface area (Å²) in [5, 5.41) is 3.43. The summed E-state index contributed by atoms with van der Waals surface area (Å²) in [7, 11) is 0. The van der Waals surface area contributed by atoms with E-state index in [9.17, 15) is 0 Å². The van der Waals surface area contributed by atoms with Crippen LogP contribution in [0.3, 0.4) is 0 Å². The van der Waals surface area contributed by atoms with Crippen LogP contribution in [0.4, 0.5) is 0 Å². The van der Waals surface area contributed by atoms with Gasteiger partial charge in [-0.2, -0.15) is 0 Å². The first kappa shape index (κ1) is 14.7. The molecule has 0 atom stereocenters. The van der Waals surface area contributed by atoms with Gasteiger partial charge in [-0.05, 0) is 43.2 Å². The van der Waals surface area contributed by atoms with Gasteiger partial charge in [0.1, 0.15) is 12.4 Å². The van der Waals surface area contributed by atoms with Crippen molar-refractivity contribution in [1.29, 1.82) is 0 Å². The zero-order chi connectivity index (χ0) is 14.2. The molecule has 0 amide bonds. The zero-order valence-corrected chi connectivity index (χ0v) is 12.4. The van der Waals surface area contributed by atoms with Crippen LogP contribution in [0.1, 0.15) is 24.6 Å². The highest BCUT2D eigenvalue weighted by molar-refractivity contribution is 5.27. The van der Waals surface area contributed by atoms with Crippen molar-refractivity contribution in [3.63, 3.8) is 0 Å². The van der Waals surface area contributed by atoms with Crippen molar-refractivity contribution in [1.82, 2.24) is 9.88 Å². The number of hydrogen-bond acceptors (Lipinski definition) is 2. The molecule has 0 aliphatic heterocycles. The summed E-state index contributed by atoms with van der Waals surface area (Å²) in [5.74, 6) is 0.946. The van der Waals surface area contributed by atoms with Gasteiger partial charge in [-0.3, -0.25) is 0 Å². The standard InChI is InChI=1S/C17H24N2O/c1-3-10-19-11-5-7-16(19)14-18-9-12-20-17-8-4-6-15(2)13-17/h4-8,11,13,18H,3,9-10,12,14H2,1-2H3. The Labute approximate surface area is 121 Å². The lowest BCUT2D eigenvalue weighted by molar-refractivity contribution is 0.313. The van der Waals surface area contributed by atoms with E-state index in [0.717, 1.165) is 31.8 Å². The van der Waals surface area contributed by atoms with Gasteiger partial charge in [0.15, 0.2) is 0 Å². The van der Waals surface area contributed by atoms with Crippen molar-refractivity contribution in [2.24, 2.45) is 0 Å². The fourth-order valence-corrected chi connectivity index (χ4v) is 2.23. The van der Waals surface area contributed by atoms with E-state index in [-0.39, 0.29) is 0 Å². The van der Waals surface area contributed by atoms with Crippen molar-refractivity contribution in [3.8, 4) is 5.75 Å². The van der Waals surface area contributed by atoms with Gasteiger partial charge < -0.3 is 14.6 Å². The Bertz CT molecular complexity index is 519. The molecule has 2 aromatic rings. The van der Waals surface area contributed by atoms with Crippen molar-refractivity contribution >= 4 is 0 Å². The molecule has 108 valence electrons. The summed E-state index contributed by atoms with van der Waals surface area (Å²) < 4.78 is 8.01. The fraction of sp³-hybridized carbons (Fsp3) is 0.412. The number of nitrogens with zero attached hydrogens (tertiary/aromatic N) is 1. The number of hydrogen-bond donors (Lipinski definition) is 1. The molecule has 3 nitrogen and oxygen atoms in total. The smallest absolute Gasteiger partial charge is 0.119 e. The average Bonchev–Trinajstić information content (AvgIpc) is 2.86. The van der Waals surface area contributed by atoms with E-state index in [1.54, 1.807) is 0 Å². The number of benzene rings is 1. The molecule has 0 saturated heterocycles. The van der Waals surface area contributed by atoms with Crippen LogP contribution in [0.15, 0.2) is 42.6 Å². The molecule has 3 heteroatoms. The number of rotatable bonds is 8. The third-order valence-electron chi connectivity index (χ3n) is 3.23. The van der Waals surface area contributed by atoms with Crippen molar-refractivity contribution in [2.75, 3.05) is 13.2 Å². The van der Waals surface area contributed by atoms with Crippen LogP contribution in [0, 0.1) is 6.92 Å². The minimum Gasteiger partial charge on any atom is -0.492 e. The topological polar surface area (TPSA) is 26.2 Å². The fourth-order valence-electron chi connectivity index (χ4n) is 2.23. The Morgan fingerprint density at radius 1 is 1.20 bits per heavy atom. The molecular formula is C17H24N2O. The van der Waals surface area contributed by atoms with Crippen LogP contribution >= 0.6 is 0 Å². The summed E-state index contributed by atoms with van der Waals surface area (Å²) in [6, 6.07) is 12.4. The lowest BCUT2D eigenvalue weighted by Crippen LogP contribution is -2.22. The largest absolute Gasteiger partial charge is 0.492 e. The first-order valence-electron chi connectivity index (χ1n) is 7.34. The van der Waals surface area contributed by atoms with E-state index >= 15 is 0 Å². The quantitative estimate of drug-likeness (QED) is 0.746. The average molecular weight is 272 g/mol. The molecule has 0 aliphatic rings. The highest BCUT2D eigenvalue weighted by Gasteiger charge is 1.99.